The van der Waals surface area contributed by atoms with E-state index >= 15 is 0 Å². The van der Waals surface area contributed by atoms with E-state index in [1.165, 1.54) is 28.2 Å². The van der Waals surface area contributed by atoms with Crippen molar-refractivity contribution in [2.24, 2.45) is 0 Å². The van der Waals surface area contributed by atoms with Gasteiger partial charge in [0.2, 0.25) is 11.9 Å². The second-order valence-electron chi connectivity index (χ2n) is 7.11. The summed E-state index contributed by atoms with van der Waals surface area (Å²) in [6.07, 6.45) is 0. The van der Waals surface area contributed by atoms with E-state index in [-0.39, 0.29) is 23.0 Å². The topological polar surface area (TPSA) is 112 Å². The summed E-state index contributed by atoms with van der Waals surface area (Å²) < 4.78 is 38.1. The Morgan fingerprint density at radius 2 is 1.94 bits per heavy atom. The molecule has 0 saturated heterocycles. The normalized spacial score (nSPS) is 12.9. The number of nitrogens with zero attached hydrogens (tertiary/aromatic N) is 3. The molecule has 164 valence electrons. The van der Waals surface area contributed by atoms with Crippen LogP contribution in [0.4, 0.5) is 5.82 Å². The lowest BCUT2D eigenvalue weighted by Gasteiger charge is -2.10. The smallest absolute Gasteiger partial charge is 0.258 e. The first-order valence-corrected chi connectivity index (χ1v) is 12.2. The molecule has 0 fully saturated rings. The number of carbonyl (C=O) groups excluding carboxylic acids is 1. The minimum absolute atomic E-state index is 0.00251. The van der Waals surface area contributed by atoms with E-state index in [2.05, 4.69) is 15.4 Å². The zero-order valence-electron chi connectivity index (χ0n) is 17.2. The monoisotopic (exact) mass is 470 g/mol. The number of fused-ring (bicyclic) bond motifs is 2. The number of rotatable bonds is 5. The first-order chi connectivity index (χ1) is 15.4. The van der Waals surface area contributed by atoms with Crippen LogP contribution < -0.4 is 14.8 Å². The molecule has 1 aliphatic heterocycles. The van der Waals surface area contributed by atoms with E-state index in [0.717, 1.165) is 10.2 Å². The summed E-state index contributed by atoms with van der Waals surface area (Å²) in [6.45, 7) is 3.52. The van der Waals surface area contributed by atoms with Gasteiger partial charge in [-0.3, -0.25) is 4.79 Å². The highest BCUT2D eigenvalue weighted by Crippen LogP contribution is 2.39. The number of hydrogen-bond donors (Lipinski definition) is 1. The van der Waals surface area contributed by atoms with Crippen molar-refractivity contribution in [3.63, 3.8) is 0 Å². The molecule has 32 heavy (non-hydrogen) atoms. The van der Waals surface area contributed by atoms with Gasteiger partial charge in [0.1, 0.15) is 5.82 Å². The largest absolute Gasteiger partial charge is 0.454 e. The quantitative estimate of drug-likeness (QED) is 0.474. The Kier molecular flexibility index (Phi) is 4.86. The fraction of sp³-hybridized carbons (Fsp3) is 0.190. The molecule has 0 radical (unpaired) electrons. The van der Waals surface area contributed by atoms with E-state index in [0.29, 0.717) is 28.1 Å². The molecule has 1 amide bonds. The van der Waals surface area contributed by atoms with Crippen LogP contribution in [0.3, 0.4) is 0 Å². The van der Waals surface area contributed by atoms with Gasteiger partial charge in [-0.25, -0.2) is 13.4 Å². The number of amides is 1. The van der Waals surface area contributed by atoms with Crippen LogP contribution >= 0.6 is 11.3 Å². The number of anilines is 1. The average Bonchev–Trinajstić information content (AvgIpc) is 3.49. The number of thiazole rings is 1. The Morgan fingerprint density at radius 3 is 2.72 bits per heavy atom. The molecule has 0 atom stereocenters. The number of aromatic nitrogens is 3. The summed E-state index contributed by atoms with van der Waals surface area (Å²) in [6, 6.07) is 11.5. The van der Waals surface area contributed by atoms with Gasteiger partial charge in [-0.2, -0.15) is 9.78 Å². The Morgan fingerprint density at radius 1 is 1.19 bits per heavy atom. The van der Waals surface area contributed by atoms with Crippen molar-refractivity contribution in [2.75, 3.05) is 17.9 Å². The van der Waals surface area contributed by atoms with Crippen LogP contribution in [0, 0.1) is 6.92 Å². The van der Waals surface area contributed by atoms with Crippen LogP contribution in [0.25, 0.3) is 15.3 Å². The van der Waals surface area contributed by atoms with E-state index in [1.54, 1.807) is 38.1 Å². The predicted octanol–water partition coefficient (Wildman–Crippen LogP) is 3.57. The molecule has 5 rings (SSSR count). The molecule has 0 bridgehead atoms. The Hall–Kier alpha value is -3.44. The van der Waals surface area contributed by atoms with Crippen LogP contribution in [-0.2, 0) is 9.84 Å². The van der Waals surface area contributed by atoms with E-state index in [9.17, 15) is 13.2 Å². The van der Waals surface area contributed by atoms with Crippen molar-refractivity contribution >= 4 is 43.1 Å². The molecule has 11 heteroatoms. The number of carbonyl (C=O) groups is 1. The molecular formula is C21H18N4O5S2. The molecule has 0 saturated carbocycles. The second-order valence-corrected chi connectivity index (χ2v) is 10.4. The Balaban J connectivity index is 1.52. The molecular weight excluding hydrogens is 452 g/mol. The third kappa shape index (κ3) is 3.49. The van der Waals surface area contributed by atoms with Crippen molar-refractivity contribution in [2.45, 2.75) is 18.7 Å². The molecule has 1 aliphatic rings. The number of aryl methyl sites for hydroxylation is 1. The van der Waals surface area contributed by atoms with Gasteiger partial charge in [0.25, 0.3) is 5.91 Å². The first kappa shape index (κ1) is 20.5. The van der Waals surface area contributed by atoms with Gasteiger partial charge in [-0.05, 0) is 19.1 Å². The first-order valence-electron chi connectivity index (χ1n) is 9.76. The van der Waals surface area contributed by atoms with Gasteiger partial charge >= 0.3 is 0 Å². The van der Waals surface area contributed by atoms with Crippen LogP contribution in [0.2, 0.25) is 0 Å². The summed E-state index contributed by atoms with van der Waals surface area (Å²) in [4.78, 5) is 17.6. The van der Waals surface area contributed by atoms with Gasteiger partial charge in [0.05, 0.1) is 32.1 Å². The standard InChI is InChI=1S/C21H18N4O5S2/c1-3-32(27,28)18-7-5-4-6-13(18)20(26)23-19-8-12(2)24-25(19)21-22-14-9-15-16(30-11-29-15)10-17(14)31-21/h4-10H,3,11H2,1-2H3,(H,23,26). The van der Waals surface area contributed by atoms with Gasteiger partial charge in [0.15, 0.2) is 21.3 Å². The van der Waals surface area contributed by atoms with Crippen LogP contribution in [0.1, 0.15) is 23.0 Å². The second kappa shape index (κ2) is 7.61. The number of nitrogens with one attached hydrogen (secondary N) is 1. The number of benzene rings is 2. The molecule has 0 aliphatic carbocycles. The minimum atomic E-state index is -3.56. The lowest BCUT2D eigenvalue weighted by molar-refractivity contribution is 0.102. The minimum Gasteiger partial charge on any atom is -0.454 e. The SMILES string of the molecule is CCS(=O)(=O)c1ccccc1C(=O)Nc1cc(C)nn1-c1nc2cc3c(cc2s1)OCO3. The van der Waals surface area contributed by atoms with Crippen molar-refractivity contribution in [1.82, 2.24) is 14.8 Å². The zero-order chi connectivity index (χ0) is 22.5. The summed E-state index contributed by atoms with van der Waals surface area (Å²) in [5.74, 6) is 1.04. The highest BCUT2D eigenvalue weighted by molar-refractivity contribution is 7.91. The summed E-state index contributed by atoms with van der Waals surface area (Å²) in [7, 11) is -3.56. The Labute approximate surface area is 187 Å². The van der Waals surface area contributed by atoms with Crippen molar-refractivity contribution in [3.05, 3.63) is 53.7 Å². The zero-order valence-corrected chi connectivity index (χ0v) is 18.8. The summed E-state index contributed by atoms with van der Waals surface area (Å²) in [5, 5.41) is 7.79. The predicted molar refractivity (Wildman–Crippen MR) is 120 cm³/mol. The molecule has 2 aromatic heterocycles. The lowest BCUT2D eigenvalue weighted by atomic mass is 10.2. The maximum Gasteiger partial charge on any atom is 0.258 e. The van der Waals surface area contributed by atoms with Gasteiger partial charge in [-0.15, -0.1) is 0 Å². The summed E-state index contributed by atoms with van der Waals surface area (Å²) >= 11 is 1.38. The maximum absolute atomic E-state index is 13.0. The van der Waals surface area contributed by atoms with Crippen LogP contribution in [0.5, 0.6) is 11.5 Å². The van der Waals surface area contributed by atoms with E-state index in [4.69, 9.17) is 9.47 Å². The molecule has 0 unspecified atom stereocenters. The Bertz CT molecular complexity index is 1430. The highest BCUT2D eigenvalue weighted by Gasteiger charge is 2.23. The third-order valence-electron chi connectivity index (χ3n) is 4.97. The van der Waals surface area contributed by atoms with E-state index < -0.39 is 15.7 Å². The summed E-state index contributed by atoms with van der Waals surface area (Å²) in [5.41, 5.74) is 1.47. The number of hydrogen-bond acceptors (Lipinski definition) is 8. The maximum atomic E-state index is 13.0. The third-order valence-corrected chi connectivity index (χ3v) is 7.75. The fourth-order valence-corrected chi connectivity index (χ4v) is 5.43. The van der Waals surface area contributed by atoms with E-state index in [1.807, 2.05) is 6.07 Å². The lowest BCUT2D eigenvalue weighted by Crippen LogP contribution is -2.19. The van der Waals surface area contributed by atoms with Gasteiger partial charge in [-0.1, -0.05) is 30.4 Å². The fourth-order valence-electron chi connectivity index (χ4n) is 3.40. The molecule has 4 aromatic rings. The molecule has 2 aromatic carbocycles. The van der Waals surface area contributed by atoms with Gasteiger partial charge in [0, 0.05) is 18.2 Å². The number of sulfone groups is 1. The van der Waals surface area contributed by atoms with Crippen LogP contribution in [-0.4, -0.2) is 41.6 Å². The number of ether oxygens (including phenoxy) is 2. The average molecular weight is 471 g/mol. The molecule has 1 N–H and O–H groups in total. The van der Waals surface area contributed by atoms with Crippen molar-refractivity contribution < 1.29 is 22.7 Å². The van der Waals surface area contributed by atoms with Crippen molar-refractivity contribution in [1.29, 1.82) is 0 Å². The van der Waals surface area contributed by atoms with Crippen molar-refractivity contribution in [3.8, 4) is 16.6 Å². The molecule has 0 spiro atoms. The van der Waals surface area contributed by atoms with Gasteiger partial charge < -0.3 is 14.8 Å². The highest BCUT2D eigenvalue weighted by atomic mass is 32.2. The van der Waals surface area contributed by atoms with Crippen LogP contribution in [0.15, 0.2) is 47.4 Å². The molecule has 9 nitrogen and oxygen atoms in total. The molecule has 3 heterocycles.